The first-order chi connectivity index (χ1) is 8.47. The second-order valence-electron chi connectivity index (χ2n) is 4.76. The number of amides is 1. The first kappa shape index (κ1) is 14.7. The van der Waals surface area contributed by atoms with Crippen LogP contribution in [-0.2, 0) is 11.3 Å². The summed E-state index contributed by atoms with van der Waals surface area (Å²) in [5.74, 6) is -0.0605. The van der Waals surface area contributed by atoms with Crippen LogP contribution >= 0.6 is 0 Å². The van der Waals surface area contributed by atoms with Gasteiger partial charge in [-0.25, -0.2) is 0 Å². The lowest BCUT2D eigenvalue weighted by molar-refractivity contribution is -0.114. The number of carbonyl (C=O) groups is 1. The zero-order chi connectivity index (χ0) is 13.5. The minimum Gasteiger partial charge on any atom is -0.393 e. The molecule has 0 bridgehead atoms. The highest BCUT2D eigenvalue weighted by atomic mass is 16.3. The Kier molecular flexibility index (Phi) is 5.82. The molecule has 1 rings (SSSR count). The molecule has 1 atom stereocenters. The summed E-state index contributed by atoms with van der Waals surface area (Å²) in [6.45, 7) is 4.95. The van der Waals surface area contributed by atoms with E-state index in [2.05, 4.69) is 10.2 Å². The van der Waals surface area contributed by atoms with Crippen molar-refractivity contribution >= 4 is 11.6 Å². The molecular weight excluding hydrogens is 228 g/mol. The molecule has 0 aromatic heterocycles. The van der Waals surface area contributed by atoms with Crippen molar-refractivity contribution in [2.45, 2.75) is 32.9 Å². The monoisotopic (exact) mass is 250 g/mol. The third-order valence-electron chi connectivity index (χ3n) is 2.63. The largest absolute Gasteiger partial charge is 0.393 e. The maximum atomic E-state index is 11.0. The maximum Gasteiger partial charge on any atom is 0.221 e. The topological polar surface area (TPSA) is 52.6 Å². The first-order valence-electron chi connectivity index (χ1n) is 6.20. The fourth-order valence-electron chi connectivity index (χ4n) is 1.75. The quantitative estimate of drug-likeness (QED) is 0.810. The summed E-state index contributed by atoms with van der Waals surface area (Å²) >= 11 is 0. The number of hydrogen-bond acceptors (Lipinski definition) is 3. The molecule has 2 N–H and O–H groups in total. The van der Waals surface area contributed by atoms with Crippen LogP contribution in [0.5, 0.6) is 0 Å². The molecule has 0 fully saturated rings. The van der Waals surface area contributed by atoms with Crippen molar-refractivity contribution in [2.75, 3.05) is 18.9 Å². The molecule has 0 radical (unpaired) electrons. The van der Waals surface area contributed by atoms with Gasteiger partial charge in [0.05, 0.1) is 6.10 Å². The zero-order valence-electron chi connectivity index (χ0n) is 11.3. The van der Waals surface area contributed by atoms with Crippen molar-refractivity contribution in [2.24, 2.45) is 0 Å². The van der Waals surface area contributed by atoms with E-state index < -0.39 is 0 Å². The Balaban J connectivity index is 2.53. The summed E-state index contributed by atoms with van der Waals surface area (Å²) in [7, 11) is 2.02. The number of aliphatic hydroxyl groups excluding tert-OH is 1. The Morgan fingerprint density at radius 2 is 2.22 bits per heavy atom. The summed E-state index contributed by atoms with van der Waals surface area (Å²) in [6.07, 6.45) is 0.500. The molecule has 100 valence electrons. The number of hydrogen-bond donors (Lipinski definition) is 2. The van der Waals surface area contributed by atoms with Crippen LogP contribution in [0.4, 0.5) is 5.69 Å². The number of nitrogens with one attached hydrogen (secondary N) is 1. The first-order valence-corrected chi connectivity index (χ1v) is 6.20. The maximum absolute atomic E-state index is 11.0. The highest BCUT2D eigenvalue weighted by Crippen LogP contribution is 2.12. The summed E-state index contributed by atoms with van der Waals surface area (Å²) in [6, 6.07) is 7.81. The number of carbonyl (C=O) groups excluding carboxylic acids is 1. The van der Waals surface area contributed by atoms with Crippen LogP contribution in [0.25, 0.3) is 0 Å². The van der Waals surface area contributed by atoms with Crippen LogP contribution in [0.15, 0.2) is 24.3 Å². The normalized spacial score (nSPS) is 12.5. The van der Waals surface area contributed by atoms with Gasteiger partial charge in [0.15, 0.2) is 0 Å². The third-order valence-corrected chi connectivity index (χ3v) is 2.63. The van der Waals surface area contributed by atoms with Gasteiger partial charge in [-0.2, -0.15) is 0 Å². The third kappa shape index (κ3) is 5.80. The number of rotatable bonds is 6. The van der Waals surface area contributed by atoms with Crippen molar-refractivity contribution in [3.63, 3.8) is 0 Å². The lowest BCUT2D eigenvalue weighted by Crippen LogP contribution is -2.22. The molecule has 18 heavy (non-hydrogen) atoms. The van der Waals surface area contributed by atoms with E-state index in [0.29, 0.717) is 0 Å². The predicted octanol–water partition coefficient (Wildman–Crippen LogP) is 1.85. The van der Waals surface area contributed by atoms with Crippen LogP contribution in [0, 0.1) is 0 Å². The van der Waals surface area contributed by atoms with Gasteiger partial charge < -0.3 is 15.3 Å². The molecule has 0 aliphatic rings. The fourth-order valence-corrected chi connectivity index (χ4v) is 1.75. The predicted molar refractivity (Wildman–Crippen MR) is 73.4 cm³/mol. The van der Waals surface area contributed by atoms with Gasteiger partial charge >= 0.3 is 0 Å². The van der Waals surface area contributed by atoms with Crippen LogP contribution in [0.1, 0.15) is 25.8 Å². The summed E-state index contributed by atoms with van der Waals surface area (Å²) in [5, 5.41) is 12.0. The minimum atomic E-state index is -0.266. The lowest BCUT2D eigenvalue weighted by Gasteiger charge is -2.18. The molecule has 1 aromatic carbocycles. The molecule has 0 saturated carbocycles. The second-order valence-corrected chi connectivity index (χ2v) is 4.76. The van der Waals surface area contributed by atoms with Crippen molar-refractivity contribution in [1.82, 2.24) is 4.90 Å². The molecule has 0 spiro atoms. The van der Waals surface area contributed by atoms with E-state index in [1.807, 2.05) is 31.3 Å². The SMILES string of the molecule is CC(=O)Nc1cccc(CN(C)CC[C@@H](C)O)c1. The van der Waals surface area contributed by atoms with Crippen LogP contribution < -0.4 is 5.32 Å². The number of benzene rings is 1. The van der Waals surface area contributed by atoms with Gasteiger partial charge in [0.25, 0.3) is 0 Å². The molecule has 0 saturated heterocycles. The smallest absolute Gasteiger partial charge is 0.221 e. The highest BCUT2D eigenvalue weighted by molar-refractivity contribution is 5.88. The van der Waals surface area contributed by atoms with E-state index in [1.165, 1.54) is 6.92 Å². The Morgan fingerprint density at radius 3 is 2.83 bits per heavy atom. The standard InChI is InChI=1S/C14H22N2O2/c1-11(17)7-8-16(3)10-13-5-4-6-14(9-13)15-12(2)18/h4-6,9,11,17H,7-8,10H2,1-3H3,(H,15,18)/t11-/m1/s1. The Hall–Kier alpha value is -1.39. The van der Waals surface area contributed by atoms with Crippen molar-refractivity contribution in [1.29, 1.82) is 0 Å². The van der Waals surface area contributed by atoms with Crippen molar-refractivity contribution < 1.29 is 9.90 Å². The molecule has 1 amide bonds. The van der Waals surface area contributed by atoms with Crippen LogP contribution in [0.3, 0.4) is 0 Å². The molecular formula is C14H22N2O2. The van der Waals surface area contributed by atoms with E-state index in [0.717, 1.165) is 30.8 Å². The molecule has 4 nitrogen and oxygen atoms in total. The average molecular weight is 250 g/mol. The number of nitrogens with zero attached hydrogens (tertiary/aromatic N) is 1. The Bertz CT molecular complexity index is 391. The summed E-state index contributed by atoms with van der Waals surface area (Å²) in [5.41, 5.74) is 1.97. The van der Waals surface area contributed by atoms with E-state index >= 15 is 0 Å². The van der Waals surface area contributed by atoms with Gasteiger partial charge in [0, 0.05) is 25.7 Å². The average Bonchev–Trinajstić information content (AvgIpc) is 2.26. The van der Waals surface area contributed by atoms with Crippen molar-refractivity contribution in [3.8, 4) is 0 Å². The minimum absolute atomic E-state index is 0.0605. The van der Waals surface area contributed by atoms with E-state index in [-0.39, 0.29) is 12.0 Å². The van der Waals surface area contributed by atoms with E-state index in [9.17, 15) is 9.90 Å². The van der Waals surface area contributed by atoms with E-state index in [4.69, 9.17) is 0 Å². The number of aliphatic hydroxyl groups is 1. The number of anilines is 1. The zero-order valence-corrected chi connectivity index (χ0v) is 11.3. The fraction of sp³-hybridized carbons (Fsp3) is 0.500. The Labute approximate surface area is 109 Å². The van der Waals surface area contributed by atoms with Gasteiger partial charge in [-0.1, -0.05) is 12.1 Å². The van der Waals surface area contributed by atoms with E-state index in [1.54, 1.807) is 6.92 Å². The molecule has 0 unspecified atom stereocenters. The van der Waals surface area contributed by atoms with Gasteiger partial charge in [-0.15, -0.1) is 0 Å². The molecule has 0 aliphatic heterocycles. The second kappa shape index (κ2) is 7.13. The summed E-state index contributed by atoms with van der Waals surface area (Å²) in [4.78, 5) is 13.1. The van der Waals surface area contributed by atoms with Gasteiger partial charge in [-0.05, 0) is 38.1 Å². The van der Waals surface area contributed by atoms with Crippen LogP contribution in [0.2, 0.25) is 0 Å². The Morgan fingerprint density at radius 1 is 1.50 bits per heavy atom. The van der Waals surface area contributed by atoms with Gasteiger partial charge in [0.2, 0.25) is 5.91 Å². The highest BCUT2D eigenvalue weighted by Gasteiger charge is 2.04. The van der Waals surface area contributed by atoms with Crippen LogP contribution in [-0.4, -0.2) is 35.6 Å². The summed E-state index contributed by atoms with van der Waals surface area (Å²) < 4.78 is 0. The van der Waals surface area contributed by atoms with Gasteiger partial charge in [0.1, 0.15) is 0 Å². The lowest BCUT2D eigenvalue weighted by atomic mass is 10.2. The molecule has 4 heteroatoms. The molecule has 0 heterocycles. The van der Waals surface area contributed by atoms with Crippen molar-refractivity contribution in [3.05, 3.63) is 29.8 Å². The molecule has 0 aliphatic carbocycles. The molecule has 1 aromatic rings. The van der Waals surface area contributed by atoms with Gasteiger partial charge in [-0.3, -0.25) is 4.79 Å².